The molecule has 0 radical (unpaired) electrons. The van der Waals surface area contributed by atoms with Crippen molar-refractivity contribution in [2.45, 2.75) is 25.8 Å². The molecule has 2 heterocycles. The molecule has 144 valence electrons. The van der Waals surface area contributed by atoms with Crippen molar-refractivity contribution in [3.8, 4) is 0 Å². The number of amides is 1. The summed E-state index contributed by atoms with van der Waals surface area (Å²) in [5.74, 6) is 0.0124. The number of fused-ring (bicyclic) bond motifs is 2. The average Bonchev–Trinajstić information content (AvgIpc) is 2.95. The van der Waals surface area contributed by atoms with Crippen LogP contribution in [0.3, 0.4) is 0 Å². The van der Waals surface area contributed by atoms with Gasteiger partial charge in [-0.25, -0.2) is 0 Å². The molecule has 5 nitrogen and oxygen atoms in total. The van der Waals surface area contributed by atoms with Gasteiger partial charge in [-0.3, -0.25) is 9.59 Å². The highest BCUT2D eigenvalue weighted by molar-refractivity contribution is 6.31. The number of aliphatic hydroxyl groups is 1. The quantitative estimate of drug-likeness (QED) is 0.719. The van der Waals surface area contributed by atoms with E-state index in [1.807, 2.05) is 24.3 Å². The molecule has 1 aromatic heterocycles. The van der Waals surface area contributed by atoms with Gasteiger partial charge in [-0.1, -0.05) is 49.7 Å². The van der Waals surface area contributed by atoms with E-state index in [0.717, 1.165) is 5.56 Å². The zero-order valence-corrected chi connectivity index (χ0v) is 16.4. The third kappa shape index (κ3) is 2.91. The maximum absolute atomic E-state index is 13.3. The highest BCUT2D eigenvalue weighted by Gasteiger charge is 2.42. The number of aliphatic hydroxyl groups excluding tert-OH is 1. The Labute approximate surface area is 167 Å². The number of carbonyl (C=O) groups is 1. The van der Waals surface area contributed by atoms with Gasteiger partial charge in [0.15, 0.2) is 5.43 Å². The minimum absolute atomic E-state index is 0.0335. The lowest BCUT2D eigenvalue weighted by molar-refractivity contribution is 0.0691. The van der Waals surface area contributed by atoms with Gasteiger partial charge in [0.1, 0.15) is 5.58 Å². The van der Waals surface area contributed by atoms with Crippen LogP contribution < -0.4 is 5.43 Å². The smallest absolute Gasteiger partial charge is 0.290 e. The maximum Gasteiger partial charge on any atom is 0.290 e. The fourth-order valence-corrected chi connectivity index (χ4v) is 3.91. The van der Waals surface area contributed by atoms with Crippen molar-refractivity contribution in [3.63, 3.8) is 0 Å². The van der Waals surface area contributed by atoms with E-state index in [1.165, 1.54) is 10.5 Å². The summed E-state index contributed by atoms with van der Waals surface area (Å²) < 4.78 is 5.81. The lowest BCUT2D eigenvalue weighted by Crippen LogP contribution is -2.32. The lowest BCUT2D eigenvalue weighted by atomic mass is 9.95. The van der Waals surface area contributed by atoms with Gasteiger partial charge in [-0.05, 0) is 35.2 Å². The van der Waals surface area contributed by atoms with Crippen LogP contribution in [0.2, 0.25) is 5.02 Å². The average molecular weight is 398 g/mol. The third-order valence-corrected chi connectivity index (χ3v) is 5.42. The number of carbonyl (C=O) groups excluding carboxylic acids is 1. The summed E-state index contributed by atoms with van der Waals surface area (Å²) in [6.07, 6.45) is 0. The molecule has 0 aliphatic carbocycles. The van der Waals surface area contributed by atoms with E-state index in [9.17, 15) is 14.7 Å². The molecule has 0 saturated carbocycles. The Morgan fingerprint density at radius 1 is 1.14 bits per heavy atom. The Bertz CT molecular complexity index is 1120. The predicted molar refractivity (Wildman–Crippen MR) is 108 cm³/mol. The number of rotatable bonds is 4. The van der Waals surface area contributed by atoms with Gasteiger partial charge >= 0.3 is 0 Å². The largest absolute Gasteiger partial charge is 0.450 e. The Kier molecular flexibility index (Phi) is 4.73. The zero-order valence-electron chi connectivity index (χ0n) is 15.6. The van der Waals surface area contributed by atoms with Crippen molar-refractivity contribution >= 4 is 28.5 Å². The van der Waals surface area contributed by atoms with Crippen LogP contribution in [-0.4, -0.2) is 29.1 Å². The van der Waals surface area contributed by atoms with Crippen molar-refractivity contribution in [3.05, 3.63) is 80.2 Å². The van der Waals surface area contributed by atoms with Crippen LogP contribution in [0, 0.1) is 0 Å². The molecule has 1 atom stereocenters. The van der Waals surface area contributed by atoms with Crippen LogP contribution in [0.4, 0.5) is 0 Å². The van der Waals surface area contributed by atoms with E-state index in [0.29, 0.717) is 27.5 Å². The second-order valence-corrected chi connectivity index (χ2v) is 7.70. The summed E-state index contributed by atoms with van der Waals surface area (Å²) in [5, 5.41) is 10.2. The van der Waals surface area contributed by atoms with Crippen molar-refractivity contribution in [1.29, 1.82) is 0 Å². The SMILES string of the molecule is CC(C)c1ccc([C@H]2c3c(oc4ccc(Cl)cc4c3=O)C(=O)N2CCO)cc1. The molecule has 0 bridgehead atoms. The molecular weight excluding hydrogens is 378 g/mol. The number of nitrogens with zero attached hydrogens (tertiary/aromatic N) is 1. The van der Waals surface area contributed by atoms with Gasteiger partial charge in [0, 0.05) is 11.6 Å². The first-order chi connectivity index (χ1) is 13.4. The summed E-state index contributed by atoms with van der Waals surface area (Å²) >= 11 is 6.06. The Morgan fingerprint density at radius 3 is 2.50 bits per heavy atom. The molecule has 0 fully saturated rings. The highest BCUT2D eigenvalue weighted by atomic mass is 35.5. The highest BCUT2D eigenvalue weighted by Crippen LogP contribution is 2.38. The van der Waals surface area contributed by atoms with Crippen molar-refractivity contribution in [2.24, 2.45) is 0 Å². The number of benzene rings is 2. The van der Waals surface area contributed by atoms with Gasteiger partial charge in [0.25, 0.3) is 5.91 Å². The first-order valence-corrected chi connectivity index (χ1v) is 9.58. The zero-order chi connectivity index (χ0) is 20.0. The molecule has 2 aromatic carbocycles. The Hall–Kier alpha value is -2.63. The molecule has 28 heavy (non-hydrogen) atoms. The molecule has 0 spiro atoms. The molecule has 3 aromatic rings. The summed E-state index contributed by atoms with van der Waals surface area (Å²) in [6.45, 7) is 4.11. The van der Waals surface area contributed by atoms with Crippen LogP contribution in [0.25, 0.3) is 11.0 Å². The molecule has 1 aliphatic rings. The Balaban J connectivity index is 1.95. The van der Waals surface area contributed by atoms with Crippen LogP contribution in [0.15, 0.2) is 51.7 Å². The summed E-state index contributed by atoms with van der Waals surface area (Å²) in [4.78, 5) is 27.7. The Morgan fingerprint density at radius 2 is 1.86 bits per heavy atom. The molecule has 6 heteroatoms. The predicted octanol–water partition coefficient (Wildman–Crippen LogP) is 4.11. The monoisotopic (exact) mass is 397 g/mol. The third-order valence-electron chi connectivity index (χ3n) is 5.19. The lowest BCUT2D eigenvalue weighted by Gasteiger charge is -2.24. The number of hydrogen-bond donors (Lipinski definition) is 1. The summed E-state index contributed by atoms with van der Waals surface area (Å²) in [6, 6.07) is 12.0. The fraction of sp³-hybridized carbons (Fsp3) is 0.273. The van der Waals surface area contributed by atoms with E-state index in [2.05, 4.69) is 13.8 Å². The van der Waals surface area contributed by atoms with Gasteiger partial charge < -0.3 is 14.4 Å². The van der Waals surface area contributed by atoms with Gasteiger partial charge in [-0.2, -0.15) is 0 Å². The first kappa shape index (κ1) is 18.7. The van der Waals surface area contributed by atoms with Crippen molar-refractivity contribution < 1.29 is 14.3 Å². The normalized spacial score (nSPS) is 16.2. The van der Waals surface area contributed by atoms with Crippen LogP contribution in [-0.2, 0) is 0 Å². The van der Waals surface area contributed by atoms with E-state index in [-0.39, 0.29) is 24.3 Å². The van der Waals surface area contributed by atoms with Crippen LogP contribution >= 0.6 is 11.6 Å². The van der Waals surface area contributed by atoms with Crippen molar-refractivity contribution in [1.82, 2.24) is 4.90 Å². The molecule has 1 N–H and O–H groups in total. The van der Waals surface area contributed by atoms with Gasteiger partial charge in [-0.15, -0.1) is 0 Å². The van der Waals surface area contributed by atoms with E-state index in [1.54, 1.807) is 18.2 Å². The van der Waals surface area contributed by atoms with E-state index in [4.69, 9.17) is 16.0 Å². The van der Waals surface area contributed by atoms with E-state index < -0.39 is 11.9 Å². The molecule has 4 rings (SSSR count). The fourth-order valence-electron chi connectivity index (χ4n) is 3.74. The summed E-state index contributed by atoms with van der Waals surface area (Å²) in [7, 11) is 0. The van der Waals surface area contributed by atoms with Crippen LogP contribution in [0.1, 0.15) is 53.1 Å². The number of halogens is 1. The van der Waals surface area contributed by atoms with Gasteiger partial charge in [0.2, 0.25) is 5.76 Å². The first-order valence-electron chi connectivity index (χ1n) is 9.20. The van der Waals surface area contributed by atoms with Crippen molar-refractivity contribution in [2.75, 3.05) is 13.2 Å². The molecular formula is C22H20ClNO4. The molecule has 1 amide bonds. The standard InChI is InChI=1S/C22H20ClNO4/c1-12(2)13-3-5-14(6-4-13)19-18-20(26)16-11-15(23)7-8-17(16)28-21(18)22(27)24(19)9-10-25/h3-8,11-12,19,25H,9-10H2,1-2H3/t19-/m0/s1. The number of hydrogen-bond acceptors (Lipinski definition) is 4. The minimum atomic E-state index is -0.601. The second kappa shape index (κ2) is 7.08. The second-order valence-electron chi connectivity index (χ2n) is 7.26. The number of β-amino-alcohol motifs (C(OH)–C–C–N with tert-alkyl or cyclic N) is 1. The van der Waals surface area contributed by atoms with E-state index >= 15 is 0 Å². The molecule has 0 unspecified atom stereocenters. The maximum atomic E-state index is 13.3. The molecule has 0 saturated heterocycles. The van der Waals surface area contributed by atoms with Gasteiger partial charge in [0.05, 0.1) is 23.6 Å². The minimum Gasteiger partial charge on any atom is -0.450 e. The molecule has 1 aliphatic heterocycles. The topological polar surface area (TPSA) is 70.8 Å². The van der Waals surface area contributed by atoms with Crippen LogP contribution in [0.5, 0.6) is 0 Å². The summed E-state index contributed by atoms with van der Waals surface area (Å²) in [5.41, 5.74) is 2.32.